The molecule has 1 saturated heterocycles. The normalized spacial score (nSPS) is 15.6. The fourth-order valence-electron chi connectivity index (χ4n) is 3.06. The second kappa shape index (κ2) is 8.06. The van der Waals surface area contributed by atoms with Gasteiger partial charge in [-0.2, -0.15) is 5.10 Å². The van der Waals surface area contributed by atoms with Gasteiger partial charge >= 0.3 is 0 Å². The van der Waals surface area contributed by atoms with Crippen LogP contribution in [0.25, 0.3) is 5.82 Å². The Morgan fingerprint density at radius 1 is 1.29 bits per heavy atom. The van der Waals surface area contributed by atoms with Gasteiger partial charge in [-0.25, -0.2) is 9.67 Å². The van der Waals surface area contributed by atoms with Crippen molar-refractivity contribution in [2.24, 2.45) is 5.92 Å². The molecule has 6 heteroatoms. The van der Waals surface area contributed by atoms with E-state index in [1.165, 1.54) is 0 Å². The van der Waals surface area contributed by atoms with Crippen LogP contribution in [0.4, 0.5) is 0 Å². The quantitative estimate of drug-likeness (QED) is 0.765. The van der Waals surface area contributed by atoms with Gasteiger partial charge in [-0.3, -0.25) is 4.79 Å². The third-order valence-corrected chi connectivity index (χ3v) is 4.47. The van der Waals surface area contributed by atoms with Gasteiger partial charge in [0.15, 0.2) is 5.82 Å². The van der Waals surface area contributed by atoms with Crippen molar-refractivity contribution in [2.75, 3.05) is 26.3 Å². The highest BCUT2D eigenvalue weighted by Gasteiger charge is 2.24. The van der Waals surface area contributed by atoms with Gasteiger partial charge in [0.2, 0.25) is 0 Å². The van der Waals surface area contributed by atoms with Crippen LogP contribution in [-0.2, 0) is 4.74 Å². The molecule has 0 saturated carbocycles. The maximum Gasteiger partial charge on any atom is 0.272 e. The zero-order valence-electron chi connectivity index (χ0n) is 14.1. The van der Waals surface area contributed by atoms with Crippen molar-refractivity contribution in [1.29, 1.82) is 0 Å². The van der Waals surface area contributed by atoms with Gasteiger partial charge in [0, 0.05) is 38.7 Å². The highest BCUT2D eigenvalue weighted by Crippen LogP contribution is 2.21. The summed E-state index contributed by atoms with van der Waals surface area (Å²) < 4.78 is 7.09. The van der Waals surface area contributed by atoms with E-state index in [0.29, 0.717) is 17.4 Å². The van der Waals surface area contributed by atoms with Gasteiger partial charge < -0.3 is 9.64 Å². The zero-order chi connectivity index (χ0) is 16.8. The van der Waals surface area contributed by atoms with E-state index in [-0.39, 0.29) is 5.91 Å². The van der Waals surface area contributed by atoms with E-state index in [1.54, 1.807) is 16.9 Å². The van der Waals surface area contributed by atoms with E-state index in [4.69, 9.17) is 4.74 Å². The number of pyridine rings is 1. The Morgan fingerprint density at radius 3 is 2.83 bits per heavy atom. The molecule has 128 valence electrons. The minimum absolute atomic E-state index is 0.00673. The summed E-state index contributed by atoms with van der Waals surface area (Å²) in [5.41, 5.74) is 0.482. The molecular formula is C18H24N4O2. The van der Waals surface area contributed by atoms with E-state index < -0.39 is 0 Å². The molecule has 0 bridgehead atoms. The van der Waals surface area contributed by atoms with Crippen LogP contribution < -0.4 is 0 Å². The Kier molecular flexibility index (Phi) is 5.59. The molecule has 3 rings (SSSR count). The molecule has 0 aromatic carbocycles. The summed E-state index contributed by atoms with van der Waals surface area (Å²) in [7, 11) is 0. The Bertz CT molecular complexity index is 649. The molecule has 0 N–H and O–H groups in total. The molecule has 0 radical (unpaired) electrons. The number of aromatic nitrogens is 3. The second-order valence-corrected chi connectivity index (χ2v) is 6.05. The standard InChI is InChI=1S/C18H24N4O2/c1-2-24-14-9-15-7-12-21(13-8-15)18(23)16-5-3-6-17(20-16)22-11-4-10-19-22/h3-6,10-11,15H,2,7-9,12-14H2,1H3. The number of hydrogen-bond donors (Lipinski definition) is 0. The molecule has 1 aliphatic rings. The lowest BCUT2D eigenvalue weighted by atomic mass is 9.94. The number of ether oxygens (including phenoxy) is 1. The lowest BCUT2D eigenvalue weighted by Gasteiger charge is -2.31. The monoisotopic (exact) mass is 328 g/mol. The van der Waals surface area contributed by atoms with Gasteiger partial charge in [0.1, 0.15) is 5.69 Å². The van der Waals surface area contributed by atoms with Gasteiger partial charge in [-0.05, 0) is 50.3 Å². The van der Waals surface area contributed by atoms with E-state index in [2.05, 4.69) is 10.1 Å². The Hall–Kier alpha value is -2.21. The average molecular weight is 328 g/mol. The Morgan fingerprint density at radius 2 is 2.12 bits per heavy atom. The van der Waals surface area contributed by atoms with Crippen LogP contribution in [0, 0.1) is 5.92 Å². The molecule has 0 spiro atoms. The number of likely N-dealkylation sites (tertiary alicyclic amines) is 1. The van der Waals surface area contributed by atoms with Crippen LogP contribution in [0.2, 0.25) is 0 Å². The van der Waals surface area contributed by atoms with Crippen molar-refractivity contribution in [3.63, 3.8) is 0 Å². The molecule has 3 heterocycles. The van der Waals surface area contributed by atoms with E-state index in [1.807, 2.05) is 36.2 Å². The van der Waals surface area contributed by atoms with Gasteiger partial charge in [0.25, 0.3) is 5.91 Å². The Balaban J connectivity index is 1.59. The number of hydrogen-bond acceptors (Lipinski definition) is 4. The molecule has 0 aliphatic carbocycles. The number of amides is 1. The van der Waals surface area contributed by atoms with Crippen molar-refractivity contribution < 1.29 is 9.53 Å². The molecule has 2 aromatic heterocycles. The highest BCUT2D eigenvalue weighted by atomic mass is 16.5. The first-order valence-corrected chi connectivity index (χ1v) is 8.62. The van der Waals surface area contributed by atoms with Crippen molar-refractivity contribution in [2.45, 2.75) is 26.2 Å². The molecule has 2 aromatic rings. The minimum atomic E-state index is 0.00673. The fraction of sp³-hybridized carbons (Fsp3) is 0.500. The average Bonchev–Trinajstić information content (AvgIpc) is 3.17. The van der Waals surface area contributed by atoms with Gasteiger partial charge in [0.05, 0.1) is 0 Å². The topological polar surface area (TPSA) is 60.2 Å². The SMILES string of the molecule is CCOCCC1CCN(C(=O)c2cccc(-n3cccn3)n2)CC1. The number of rotatable bonds is 6. The summed E-state index contributed by atoms with van der Waals surface area (Å²) in [5, 5.41) is 4.16. The van der Waals surface area contributed by atoms with Crippen LogP contribution >= 0.6 is 0 Å². The van der Waals surface area contributed by atoms with Gasteiger partial charge in [-0.1, -0.05) is 6.07 Å². The van der Waals surface area contributed by atoms with Crippen LogP contribution in [0.15, 0.2) is 36.7 Å². The zero-order valence-corrected chi connectivity index (χ0v) is 14.1. The van der Waals surface area contributed by atoms with Crippen molar-refractivity contribution in [3.05, 3.63) is 42.4 Å². The predicted octanol–water partition coefficient (Wildman–Crippen LogP) is 2.55. The maximum atomic E-state index is 12.7. The predicted molar refractivity (Wildman–Crippen MR) is 91.1 cm³/mol. The maximum absolute atomic E-state index is 12.7. The Labute approximate surface area is 142 Å². The summed E-state index contributed by atoms with van der Waals surface area (Å²) in [6, 6.07) is 7.32. The molecule has 0 unspecified atom stereocenters. The molecule has 1 amide bonds. The number of nitrogens with zero attached hydrogens (tertiary/aromatic N) is 4. The molecule has 24 heavy (non-hydrogen) atoms. The summed E-state index contributed by atoms with van der Waals surface area (Å²) in [6.45, 7) is 5.20. The molecule has 6 nitrogen and oxygen atoms in total. The number of piperidine rings is 1. The van der Waals surface area contributed by atoms with Crippen LogP contribution in [0.5, 0.6) is 0 Å². The summed E-state index contributed by atoms with van der Waals surface area (Å²) >= 11 is 0. The largest absolute Gasteiger partial charge is 0.382 e. The summed E-state index contributed by atoms with van der Waals surface area (Å²) in [6.07, 6.45) is 6.68. The smallest absolute Gasteiger partial charge is 0.272 e. The highest BCUT2D eigenvalue weighted by molar-refractivity contribution is 5.92. The van der Waals surface area contributed by atoms with Crippen LogP contribution in [0.1, 0.15) is 36.7 Å². The van der Waals surface area contributed by atoms with E-state index in [9.17, 15) is 4.79 Å². The minimum Gasteiger partial charge on any atom is -0.382 e. The van der Waals surface area contributed by atoms with Gasteiger partial charge in [-0.15, -0.1) is 0 Å². The third-order valence-electron chi connectivity index (χ3n) is 4.47. The molecule has 1 aliphatic heterocycles. The third kappa shape index (κ3) is 4.00. The molecule has 0 atom stereocenters. The number of carbonyl (C=O) groups excluding carboxylic acids is 1. The van der Waals surface area contributed by atoms with Crippen LogP contribution in [0.3, 0.4) is 0 Å². The van der Waals surface area contributed by atoms with E-state index >= 15 is 0 Å². The summed E-state index contributed by atoms with van der Waals surface area (Å²) in [5.74, 6) is 1.33. The number of carbonyl (C=O) groups is 1. The van der Waals surface area contributed by atoms with Crippen molar-refractivity contribution in [3.8, 4) is 5.82 Å². The molecular weight excluding hydrogens is 304 g/mol. The first kappa shape index (κ1) is 16.6. The van der Waals surface area contributed by atoms with Crippen molar-refractivity contribution in [1.82, 2.24) is 19.7 Å². The first-order valence-electron chi connectivity index (χ1n) is 8.62. The van der Waals surface area contributed by atoms with Crippen molar-refractivity contribution >= 4 is 5.91 Å². The summed E-state index contributed by atoms with van der Waals surface area (Å²) in [4.78, 5) is 19.1. The lowest BCUT2D eigenvalue weighted by molar-refractivity contribution is 0.0651. The second-order valence-electron chi connectivity index (χ2n) is 6.05. The van der Waals surface area contributed by atoms with Crippen LogP contribution in [-0.4, -0.2) is 51.9 Å². The van der Waals surface area contributed by atoms with E-state index in [0.717, 1.165) is 45.6 Å². The fourth-order valence-corrected chi connectivity index (χ4v) is 3.06. The molecule has 1 fully saturated rings. The lowest BCUT2D eigenvalue weighted by Crippen LogP contribution is -2.39. The first-order chi connectivity index (χ1) is 11.8.